The fourth-order valence-electron chi connectivity index (χ4n) is 2.01. The standard InChI is InChI=1S/C17H28N2O2/c1-12(2)13-6-8-14(9-7-13)15(20)10-18-11-16(21)19-17(3,4)5/h6-9,12,15,18,20H,10-11H2,1-5H3,(H,19,21). The molecule has 1 aromatic carbocycles. The van der Waals surface area contributed by atoms with E-state index in [1.165, 1.54) is 5.56 Å². The fourth-order valence-corrected chi connectivity index (χ4v) is 2.01. The monoisotopic (exact) mass is 292 g/mol. The van der Waals surface area contributed by atoms with Crippen molar-refractivity contribution < 1.29 is 9.90 Å². The van der Waals surface area contributed by atoms with Crippen LogP contribution in [0.1, 0.15) is 57.8 Å². The first-order valence-electron chi connectivity index (χ1n) is 7.48. The first-order chi connectivity index (χ1) is 9.69. The second-order valence-corrected chi connectivity index (χ2v) is 6.77. The normalized spacial score (nSPS) is 13.3. The molecule has 21 heavy (non-hydrogen) atoms. The summed E-state index contributed by atoms with van der Waals surface area (Å²) < 4.78 is 0. The highest BCUT2D eigenvalue weighted by Crippen LogP contribution is 2.18. The quantitative estimate of drug-likeness (QED) is 0.754. The van der Waals surface area contributed by atoms with Gasteiger partial charge in [0, 0.05) is 12.1 Å². The Kier molecular flexibility index (Phi) is 6.37. The van der Waals surface area contributed by atoms with E-state index in [1.54, 1.807) is 0 Å². The first-order valence-corrected chi connectivity index (χ1v) is 7.48. The first kappa shape index (κ1) is 17.7. The maximum Gasteiger partial charge on any atom is 0.234 e. The number of benzene rings is 1. The summed E-state index contributed by atoms with van der Waals surface area (Å²) in [7, 11) is 0. The van der Waals surface area contributed by atoms with Gasteiger partial charge in [-0.2, -0.15) is 0 Å². The van der Waals surface area contributed by atoms with E-state index in [1.807, 2.05) is 45.0 Å². The highest BCUT2D eigenvalue weighted by Gasteiger charge is 2.14. The smallest absolute Gasteiger partial charge is 0.234 e. The third kappa shape index (κ3) is 6.74. The van der Waals surface area contributed by atoms with Crippen molar-refractivity contribution in [2.45, 2.75) is 52.2 Å². The lowest BCUT2D eigenvalue weighted by atomic mass is 10.00. The molecule has 1 atom stereocenters. The van der Waals surface area contributed by atoms with E-state index in [4.69, 9.17) is 0 Å². The van der Waals surface area contributed by atoms with Crippen molar-refractivity contribution in [1.29, 1.82) is 0 Å². The average Bonchev–Trinajstić information content (AvgIpc) is 2.36. The van der Waals surface area contributed by atoms with Crippen molar-refractivity contribution in [2.24, 2.45) is 0 Å². The van der Waals surface area contributed by atoms with Crippen LogP contribution in [0.5, 0.6) is 0 Å². The molecule has 4 heteroatoms. The Balaban J connectivity index is 2.40. The zero-order chi connectivity index (χ0) is 16.0. The van der Waals surface area contributed by atoms with Crippen LogP contribution in [0.4, 0.5) is 0 Å². The van der Waals surface area contributed by atoms with Crippen LogP contribution in [0.25, 0.3) is 0 Å². The van der Waals surface area contributed by atoms with Gasteiger partial charge < -0.3 is 15.7 Å². The summed E-state index contributed by atoms with van der Waals surface area (Å²) in [5, 5.41) is 16.0. The van der Waals surface area contributed by atoms with Crippen molar-refractivity contribution in [3.05, 3.63) is 35.4 Å². The average molecular weight is 292 g/mol. The second kappa shape index (κ2) is 7.57. The highest BCUT2D eigenvalue weighted by molar-refractivity contribution is 5.78. The van der Waals surface area contributed by atoms with Gasteiger partial charge in [-0.05, 0) is 37.8 Å². The highest BCUT2D eigenvalue weighted by atomic mass is 16.3. The van der Waals surface area contributed by atoms with Crippen molar-refractivity contribution in [3.8, 4) is 0 Å². The molecule has 1 unspecified atom stereocenters. The van der Waals surface area contributed by atoms with Gasteiger partial charge in [0.25, 0.3) is 0 Å². The molecule has 0 heterocycles. The lowest BCUT2D eigenvalue weighted by Crippen LogP contribution is -2.45. The van der Waals surface area contributed by atoms with E-state index < -0.39 is 6.10 Å². The Morgan fingerprint density at radius 1 is 1.14 bits per heavy atom. The molecule has 4 nitrogen and oxygen atoms in total. The largest absolute Gasteiger partial charge is 0.387 e. The molecular formula is C17H28N2O2. The Labute approximate surface area is 128 Å². The summed E-state index contributed by atoms with van der Waals surface area (Å²) >= 11 is 0. The third-order valence-electron chi connectivity index (χ3n) is 3.13. The van der Waals surface area contributed by atoms with Crippen LogP contribution in [-0.4, -0.2) is 29.6 Å². The number of hydrogen-bond acceptors (Lipinski definition) is 3. The summed E-state index contributed by atoms with van der Waals surface area (Å²) in [6, 6.07) is 7.96. The zero-order valence-corrected chi connectivity index (χ0v) is 13.7. The van der Waals surface area contributed by atoms with Gasteiger partial charge in [0.15, 0.2) is 0 Å². The van der Waals surface area contributed by atoms with E-state index >= 15 is 0 Å². The molecular weight excluding hydrogens is 264 g/mol. The lowest BCUT2D eigenvalue weighted by molar-refractivity contribution is -0.121. The van der Waals surface area contributed by atoms with E-state index in [0.29, 0.717) is 12.5 Å². The molecule has 0 aromatic heterocycles. The van der Waals surface area contributed by atoms with Crippen LogP contribution < -0.4 is 10.6 Å². The van der Waals surface area contributed by atoms with Crippen molar-refractivity contribution in [1.82, 2.24) is 10.6 Å². The lowest BCUT2D eigenvalue weighted by Gasteiger charge is -2.21. The number of amides is 1. The molecule has 0 aliphatic heterocycles. The summed E-state index contributed by atoms with van der Waals surface area (Å²) in [5.41, 5.74) is 1.89. The molecule has 0 bridgehead atoms. The van der Waals surface area contributed by atoms with Crippen LogP contribution in [0.3, 0.4) is 0 Å². The minimum atomic E-state index is -0.603. The maximum absolute atomic E-state index is 11.6. The molecule has 1 amide bonds. The molecule has 0 aliphatic carbocycles. The topological polar surface area (TPSA) is 61.4 Å². The van der Waals surface area contributed by atoms with Gasteiger partial charge in [-0.3, -0.25) is 4.79 Å². The molecule has 0 saturated carbocycles. The van der Waals surface area contributed by atoms with Gasteiger partial charge in [-0.25, -0.2) is 0 Å². The van der Waals surface area contributed by atoms with Crippen LogP contribution in [0, 0.1) is 0 Å². The fraction of sp³-hybridized carbons (Fsp3) is 0.588. The SMILES string of the molecule is CC(C)c1ccc(C(O)CNCC(=O)NC(C)(C)C)cc1. The molecule has 3 N–H and O–H groups in total. The third-order valence-corrected chi connectivity index (χ3v) is 3.13. The molecule has 0 spiro atoms. The summed E-state index contributed by atoms with van der Waals surface area (Å²) in [5.74, 6) is 0.417. The number of aliphatic hydroxyl groups is 1. The number of hydrogen-bond donors (Lipinski definition) is 3. The number of carbonyl (C=O) groups excluding carboxylic acids is 1. The summed E-state index contributed by atoms with van der Waals surface area (Å²) in [6.07, 6.45) is -0.603. The Morgan fingerprint density at radius 2 is 1.67 bits per heavy atom. The number of carbonyl (C=O) groups is 1. The van der Waals surface area contributed by atoms with Gasteiger partial charge in [0.1, 0.15) is 0 Å². The number of nitrogens with one attached hydrogen (secondary N) is 2. The molecule has 0 saturated heterocycles. The molecule has 118 valence electrons. The maximum atomic E-state index is 11.6. The van der Waals surface area contributed by atoms with Crippen molar-refractivity contribution in [3.63, 3.8) is 0 Å². The second-order valence-electron chi connectivity index (χ2n) is 6.77. The molecule has 0 fully saturated rings. The van der Waals surface area contributed by atoms with Gasteiger partial charge in [0.2, 0.25) is 5.91 Å². The summed E-state index contributed by atoms with van der Waals surface area (Å²) in [4.78, 5) is 11.6. The molecule has 1 aromatic rings. The van der Waals surface area contributed by atoms with Crippen molar-refractivity contribution in [2.75, 3.05) is 13.1 Å². The van der Waals surface area contributed by atoms with Gasteiger partial charge in [0.05, 0.1) is 12.6 Å². The number of rotatable bonds is 6. The van der Waals surface area contributed by atoms with Crippen LogP contribution >= 0.6 is 0 Å². The Hall–Kier alpha value is -1.39. The zero-order valence-electron chi connectivity index (χ0n) is 13.7. The van der Waals surface area contributed by atoms with Crippen LogP contribution in [0.15, 0.2) is 24.3 Å². The Morgan fingerprint density at radius 3 is 2.14 bits per heavy atom. The number of aliphatic hydroxyl groups excluding tert-OH is 1. The van der Waals surface area contributed by atoms with Gasteiger partial charge in [-0.1, -0.05) is 38.1 Å². The van der Waals surface area contributed by atoms with Crippen LogP contribution in [0.2, 0.25) is 0 Å². The van der Waals surface area contributed by atoms with E-state index in [9.17, 15) is 9.90 Å². The van der Waals surface area contributed by atoms with E-state index in [2.05, 4.69) is 24.5 Å². The molecule has 1 rings (SSSR count). The predicted molar refractivity (Wildman–Crippen MR) is 86.3 cm³/mol. The van der Waals surface area contributed by atoms with Crippen LogP contribution in [-0.2, 0) is 4.79 Å². The Bertz CT molecular complexity index is 447. The van der Waals surface area contributed by atoms with E-state index in [-0.39, 0.29) is 18.0 Å². The van der Waals surface area contributed by atoms with Gasteiger partial charge >= 0.3 is 0 Å². The minimum Gasteiger partial charge on any atom is -0.387 e. The van der Waals surface area contributed by atoms with Gasteiger partial charge in [-0.15, -0.1) is 0 Å². The summed E-state index contributed by atoms with van der Waals surface area (Å²) in [6.45, 7) is 10.7. The molecule has 0 radical (unpaired) electrons. The minimum absolute atomic E-state index is 0.0649. The molecule has 0 aliphatic rings. The van der Waals surface area contributed by atoms with Crippen molar-refractivity contribution >= 4 is 5.91 Å². The predicted octanol–water partition coefficient (Wildman–Crippen LogP) is 2.35. The van der Waals surface area contributed by atoms with E-state index in [0.717, 1.165) is 5.56 Å².